The number of aromatic nitrogens is 3. The summed E-state index contributed by atoms with van der Waals surface area (Å²) in [5.74, 6) is 2.69. The monoisotopic (exact) mass is 246 g/mol. The normalized spacial score (nSPS) is 10.9. The molecule has 0 aliphatic rings. The van der Waals surface area contributed by atoms with Crippen LogP contribution in [0.5, 0.6) is 5.75 Å². The first-order chi connectivity index (χ1) is 8.65. The van der Waals surface area contributed by atoms with Crippen LogP contribution in [0.25, 0.3) is 5.69 Å². The molecular weight excluding hydrogens is 228 g/mol. The first-order valence-electron chi connectivity index (χ1n) is 5.96. The SMILES string of the molecule is COc1ccc(-n2nc(CN)nc2C(C)C)cc1. The minimum absolute atomic E-state index is 0.292. The van der Waals surface area contributed by atoms with Crippen molar-refractivity contribution in [3.63, 3.8) is 0 Å². The Morgan fingerprint density at radius 1 is 1.28 bits per heavy atom. The van der Waals surface area contributed by atoms with Gasteiger partial charge in [-0.3, -0.25) is 0 Å². The molecule has 0 atom stereocenters. The van der Waals surface area contributed by atoms with Crippen LogP contribution in [0.4, 0.5) is 0 Å². The summed E-state index contributed by atoms with van der Waals surface area (Å²) in [6.45, 7) is 4.53. The topological polar surface area (TPSA) is 66.0 Å². The highest BCUT2D eigenvalue weighted by molar-refractivity contribution is 5.37. The van der Waals surface area contributed by atoms with E-state index < -0.39 is 0 Å². The summed E-state index contributed by atoms with van der Waals surface area (Å²) in [5.41, 5.74) is 6.56. The standard InChI is InChI=1S/C13H18N4O/c1-9(2)13-15-12(8-14)16-17(13)10-4-6-11(18-3)7-5-10/h4-7,9H,8,14H2,1-3H3. The Morgan fingerprint density at radius 2 is 1.94 bits per heavy atom. The first-order valence-corrected chi connectivity index (χ1v) is 5.96. The van der Waals surface area contributed by atoms with Crippen LogP contribution in [-0.2, 0) is 6.54 Å². The lowest BCUT2D eigenvalue weighted by Gasteiger charge is -2.08. The lowest BCUT2D eigenvalue weighted by Crippen LogP contribution is -2.04. The maximum atomic E-state index is 5.60. The van der Waals surface area contributed by atoms with Gasteiger partial charge in [0.15, 0.2) is 5.82 Å². The Kier molecular flexibility index (Phi) is 3.62. The molecular formula is C13H18N4O. The van der Waals surface area contributed by atoms with E-state index in [9.17, 15) is 0 Å². The van der Waals surface area contributed by atoms with E-state index in [2.05, 4.69) is 23.9 Å². The predicted octanol–water partition coefficient (Wildman–Crippen LogP) is 1.86. The number of nitrogens with zero attached hydrogens (tertiary/aromatic N) is 3. The quantitative estimate of drug-likeness (QED) is 0.894. The van der Waals surface area contributed by atoms with E-state index in [1.54, 1.807) is 7.11 Å². The van der Waals surface area contributed by atoms with Gasteiger partial charge in [0.2, 0.25) is 0 Å². The predicted molar refractivity (Wildman–Crippen MR) is 69.9 cm³/mol. The molecule has 0 fully saturated rings. The summed E-state index contributed by atoms with van der Waals surface area (Å²) >= 11 is 0. The van der Waals surface area contributed by atoms with Gasteiger partial charge in [0.1, 0.15) is 11.6 Å². The number of ether oxygens (including phenoxy) is 1. The maximum Gasteiger partial charge on any atom is 0.164 e. The van der Waals surface area contributed by atoms with Crippen LogP contribution < -0.4 is 10.5 Å². The van der Waals surface area contributed by atoms with Crippen molar-refractivity contribution >= 4 is 0 Å². The van der Waals surface area contributed by atoms with Crippen molar-refractivity contribution in [3.8, 4) is 11.4 Å². The molecule has 18 heavy (non-hydrogen) atoms. The molecule has 1 heterocycles. The molecule has 1 aromatic carbocycles. The molecule has 0 aliphatic carbocycles. The summed E-state index contributed by atoms with van der Waals surface area (Å²) in [6.07, 6.45) is 0. The van der Waals surface area contributed by atoms with E-state index in [-0.39, 0.29) is 0 Å². The summed E-state index contributed by atoms with van der Waals surface area (Å²) in [6, 6.07) is 7.73. The zero-order valence-corrected chi connectivity index (χ0v) is 10.9. The third-order valence-electron chi connectivity index (χ3n) is 2.69. The van der Waals surface area contributed by atoms with Crippen molar-refractivity contribution in [2.24, 2.45) is 5.73 Å². The van der Waals surface area contributed by atoms with Crippen LogP contribution in [0.2, 0.25) is 0 Å². The largest absolute Gasteiger partial charge is 0.497 e. The van der Waals surface area contributed by atoms with Crippen LogP contribution in [-0.4, -0.2) is 21.9 Å². The van der Waals surface area contributed by atoms with Gasteiger partial charge < -0.3 is 10.5 Å². The molecule has 5 heteroatoms. The Balaban J connectivity index is 2.44. The van der Waals surface area contributed by atoms with Gasteiger partial charge in [-0.25, -0.2) is 9.67 Å². The Labute approximate surface area is 107 Å². The minimum atomic E-state index is 0.292. The van der Waals surface area contributed by atoms with Gasteiger partial charge in [0.25, 0.3) is 0 Å². The van der Waals surface area contributed by atoms with Gasteiger partial charge in [-0.05, 0) is 24.3 Å². The van der Waals surface area contributed by atoms with Crippen LogP contribution >= 0.6 is 0 Å². The Morgan fingerprint density at radius 3 is 2.44 bits per heavy atom. The van der Waals surface area contributed by atoms with E-state index >= 15 is 0 Å². The van der Waals surface area contributed by atoms with Crippen LogP contribution in [0.3, 0.4) is 0 Å². The van der Waals surface area contributed by atoms with Crippen molar-refractivity contribution in [3.05, 3.63) is 35.9 Å². The van der Waals surface area contributed by atoms with Crippen LogP contribution in [0.15, 0.2) is 24.3 Å². The van der Waals surface area contributed by atoms with Crippen molar-refractivity contribution in [2.45, 2.75) is 26.3 Å². The molecule has 0 radical (unpaired) electrons. The molecule has 0 unspecified atom stereocenters. The van der Waals surface area contributed by atoms with Crippen molar-refractivity contribution in [1.29, 1.82) is 0 Å². The van der Waals surface area contributed by atoms with E-state index in [0.29, 0.717) is 18.3 Å². The van der Waals surface area contributed by atoms with Crippen LogP contribution in [0, 0.1) is 0 Å². The van der Waals surface area contributed by atoms with Gasteiger partial charge in [-0.2, -0.15) is 0 Å². The first kappa shape index (κ1) is 12.6. The Bertz CT molecular complexity index is 516. The average Bonchev–Trinajstić information content (AvgIpc) is 2.83. The fourth-order valence-corrected chi connectivity index (χ4v) is 1.74. The Hall–Kier alpha value is -1.88. The lowest BCUT2D eigenvalue weighted by atomic mass is 10.2. The zero-order valence-electron chi connectivity index (χ0n) is 10.9. The van der Waals surface area contributed by atoms with Gasteiger partial charge in [0.05, 0.1) is 19.3 Å². The molecule has 0 saturated heterocycles. The smallest absolute Gasteiger partial charge is 0.164 e. The highest BCUT2D eigenvalue weighted by atomic mass is 16.5. The molecule has 2 rings (SSSR count). The highest BCUT2D eigenvalue weighted by Gasteiger charge is 2.13. The molecule has 1 aromatic heterocycles. The summed E-state index contributed by atoms with van der Waals surface area (Å²) < 4.78 is 6.98. The molecule has 96 valence electrons. The molecule has 2 N–H and O–H groups in total. The van der Waals surface area contributed by atoms with Gasteiger partial charge >= 0.3 is 0 Å². The number of hydrogen-bond acceptors (Lipinski definition) is 4. The van der Waals surface area contributed by atoms with Crippen LogP contribution in [0.1, 0.15) is 31.4 Å². The van der Waals surface area contributed by atoms with Gasteiger partial charge in [0, 0.05) is 5.92 Å². The number of hydrogen-bond donors (Lipinski definition) is 1. The molecule has 0 saturated carbocycles. The van der Waals surface area contributed by atoms with Gasteiger partial charge in [-0.15, -0.1) is 5.10 Å². The minimum Gasteiger partial charge on any atom is -0.497 e. The molecule has 0 amide bonds. The third kappa shape index (κ3) is 2.36. The number of benzene rings is 1. The van der Waals surface area contributed by atoms with Crippen molar-refractivity contribution in [1.82, 2.24) is 14.8 Å². The summed E-state index contributed by atoms with van der Waals surface area (Å²) in [5, 5.41) is 4.42. The second-order valence-electron chi connectivity index (χ2n) is 4.35. The second kappa shape index (κ2) is 5.18. The van der Waals surface area contributed by atoms with E-state index in [1.165, 1.54) is 0 Å². The highest BCUT2D eigenvalue weighted by Crippen LogP contribution is 2.19. The fourth-order valence-electron chi connectivity index (χ4n) is 1.74. The molecule has 0 spiro atoms. The van der Waals surface area contributed by atoms with Gasteiger partial charge in [-0.1, -0.05) is 13.8 Å². The number of rotatable bonds is 4. The second-order valence-corrected chi connectivity index (χ2v) is 4.35. The molecule has 5 nitrogen and oxygen atoms in total. The van der Waals surface area contributed by atoms with E-state index in [1.807, 2.05) is 28.9 Å². The maximum absolute atomic E-state index is 5.60. The molecule has 2 aromatic rings. The number of nitrogens with two attached hydrogens (primary N) is 1. The lowest BCUT2D eigenvalue weighted by molar-refractivity contribution is 0.414. The van der Waals surface area contributed by atoms with Crippen molar-refractivity contribution < 1.29 is 4.74 Å². The number of methoxy groups -OCH3 is 1. The zero-order chi connectivity index (χ0) is 13.1. The average molecular weight is 246 g/mol. The summed E-state index contributed by atoms with van der Waals surface area (Å²) in [4.78, 5) is 4.44. The van der Waals surface area contributed by atoms with Crippen molar-refractivity contribution in [2.75, 3.05) is 7.11 Å². The summed E-state index contributed by atoms with van der Waals surface area (Å²) in [7, 11) is 1.65. The van der Waals surface area contributed by atoms with E-state index in [4.69, 9.17) is 10.5 Å². The molecule has 0 bridgehead atoms. The molecule has 0 aliphatic heterocycles. The fraction of sp³-hybridized carbons (Fsp3) is 0.385. The third-order valence-corrected chi connectivity index (χ3v) is 2.69. The van der Waals surface area contributed by atoms with E-state index in [0.717, 1.165) is 17.3 Å².